The number of hydrogen-bond acceptors (Lipinski definition) is 5. The zero-order valence-corrected chi connectivity index (χ0v) is 17.2. The highest BCUT2D eigenvalue weighted by Crippen LogP contribution is 2.29. The lowest BCUT2D eigenvalue weighted by molar-refractivity contribution is -0.133. The summed E-state index contributed by atoms with van der Waals surface area (Å²) in [6.45, 7) is 0.00128. The number of ketones is 1. The predicted octanol–water partition coefficient (Wildman–Crippen LogP) is 2.54. The first-order valence-corrected chi connectivity index (χ1v) is 11.1. The van der Waals surface area contributed by atoms with Gasteiger partial charge in [0.25, 0.3) is 5.91 Å². The fraction of sp³-hybridized carbons (Fsp3) is 0.130. The van der Waals surface area contributed by atoms with Gasteiger partial charge < -0.3 is 0 Å². The Bertz CT molecular complexity index is 1220. The lowest BCUT2D eigenvalue weighted by Gasteiger charge is -2.34. The molecule has 0 saturated heterocycles. The first kappa shape index (κ1) is 20.9. The van der Waals surface area contributed by atoms with Crippen molar-refractivity contribution in [2.24, 2.45) is 0 Å². The minimum atomic E-state index is -4.07. The summed E-state index contributed by atoms with van der Waals surface area (Å²) in [6, 6.07) is 20.5. The van der Waals surface area contributed by atoms with Crippen LogP contribution >= 0.6 is 0 Å². The number of sulfonamides is 1. The largest absolute Gasteiger partial charge is 0.289 e. The Morgan fingerprint density at radius 1 is 0.839 bits per heavy atom. The van der Waals surface area contributed by atoms with Gasteiger partial charge in [0.1, 0.15) is 6.04 Å². The fourth-order valence-electron chi connectivity index (χ4n) is 3.72. The smallest absolute Gasteiger partial charge is 0.262 e. The molecule has 0 radical (unpaired) electrons. The number of amides is 1. The van der Waals surface area contributed by atoms with E-state index in [-0.39, 0.29) is 23.6 Å². The van der Waals surface area contributed by atoms with Crippen LogP contribution in [-0.2, 0) is 27.8 Å². The number of fused-ring (bicyclic) bond motifs is 1. The van der Waals surface area contributed by atoms with Crippen molar-refractivity contribution in [3.8, 4) is 0 Å². The fourth-order valence-corrected chi connectivity index (χ4v) is 5.28. The SMILES string of the molecule is O=C(c1ccccc1)c1ccc(S(=O)(=O)N2Cc3ccccc3C[C@@H]2C(=O)NO)cc1. The molecule has 2 N–H and O–H groups in total. The van der Waals surface area contributed by atoms with Gasteiger partial charge in [-0.1, -0.05) is 54.6 Å². The summed E-state index contributed by atoms with van der Waals surface area (Å²) in [5.41, 5.74) is 4.08. The van der Waals surface area contributed by atoms with Gasteiger partial charge in [0.05, 0.1) is 4.90 Å². The van der Waals surface area contributed by atoms with E-state index in [0.717, 1.165) is 15.4 Å². The van der Waals surface area contributed by atoms with Gasteiger partial charge in [-0.15, -0.1) is 0 Å². The van der Waals surface area contributed by atoms with Gasteiger partial charge in [-0.2, -0.15) is 4.31 Å². The molecule has 0 unspecified atom stereocenters. The van der Waals surface area contributed by atoms with Crippen LogP contribution in [0, 0.1) is 0 Å². The zero-order chi connectivity index (χ0) is 22.0. The molecule has 1 aliphatic heterocycles. The van der Waals surface area contributed by atoms with E-state index in [9.17, 15) is 18.0 Å². The van der Waals surface area contributed by atoms with Crippen molar-refractivity contribution in [3.05, 3.63) is 101 Å². The molecule has 158 valence electrons. The van der Waals surface area contributed by atoms with Crippen LogP contribution in [0.4, 0.5) is 0 Å². The molecule has 1 aliphatic rings. The van der Waals surface area contributed by atoms with Gasteiger partial charge in [0.2, 0.25) is 10.0 Å². The Labute approximate surface area is 180 Å². The van der Waals surface area contributed by atoms with Crippen LogP contribution in [-0.4, -0.2) is 35.7 Å². The van der Waals surface area contributed by atoms with Crippen molar-refractivity contribution in [1.29, 1.82) is 0 Å². The van der Waals surface area contributed by atoms with E-state index < -0.39 is 22.0 Å². The van der Waals surface area contributed by atoms with E-state index in [4.69, 9.17) is 5.21 Å². The standard InChI is InChI=1S/C23H20N2O5S/c26-22(16-6-2-1-3-7-16)17-10-12-20(13-11-17)31(29,30)25-15-19-9-5-4-8-18(19)14-21(25)23(27)24-28/h1-13,21,28H,14-15H2,(H,24,27)/t21-/m1/s1. The third-order valence-corrected chi connectivity index (χ3v) is 7.25. The number of hydroxylamine groups is 1. The second kappa shape index (κ2) is 8.43. The summed E-state index contributed by atoms with van der Waals surface area (Å²) in [7, 11) is -4.07. The molecule has 3 aromatic rings. The molecule has 7 nitrogen and oxygen atoms in total. The number of carbonyl (C=O) groups is 2. The average Bonchev–Trinajstić information content (AvgIpc) is 2.82. The maximum Gasteiger partial charge on any atom is 0.262 e. The quantitative estimate of drug-likeness (QED) is 0.363. The Kier molecular flexibility index (Phi) is 5.69. The van der Waals surface area contributed by atoms with E-state index in [2.05, 4.69) is 0 Å². The van der Waals surface area contributed by atoms with Gasteiger partial charge in [0.15, 0.2) is 5.78 Å². The highest BCUT2D eigenvalue weighted by molar-refractivity contribution is 7.89. The Balaban J connectivity index is 1.66. The number of nitrogens with one attached hydrogen (secondary N) is 1. The van der Waals surface area contributed by atoms with E-state index in [1.54, 1.807) is 35.8 Å². The summed E-state index contributed by atoms with van der Waals surface area (Å²) in [5.74, 6) is -1.01. The molecule has 31 heavy (non-hydrogen) atoms. The van der Waals surface area contributed by atoms with Crippen LogP contribution in [0.2, 0.25) is 0 Å². The van der Waals surface area contributed by atoms with Crippen molar-refractivity contribution in [2.45, 2.75) is 23.9 Å². The maximum absolute atomic E-state index is 13.4. The minimum Gasteiger partial charge on any atom is -0.289 e. The Morgan fingerprint density at radius 2 is 1.42 bits per heavy atom. The molecular weight excluding hydrogens is 416 g/mol. The molecular formula is C23H20N2O5S. The van der Waals surface area contributed by atoms with Gasteiger partial charge in [-0.25, -0.2) is 13.9 Å². The summed E-state index contributed by atoms with van der Waals surface area (Å²) >= 11 is 0. The van der Waals surface area contributed by atoms with Crippen LogP contribution in [0.5, 0.6) is 0 Å². The third-order valence-electron chi connectivity index (χ3n) is 5.38. The number of benzene rings is 3. The summed E-state index contributed by atoms with van der Waals surface area (Å²) in [4.78, 5) is 24.8. The highest BCUT2D eigenvalue weighted by atomic mass is 32.2. The van der Waals surface area contributed by atoms with E-state index in [0.29, 0.717) is 11.1 Å². The van der Waals surface area contributed by atoms with Crippen LogP contribution in [0.1, 0.15) is 27.0 Å². The molecule has 0 aromatic heterocycles. The van der Waals surface area contributed by atoms with Gasteiger partial charge in [-0.05, 0) is 41.8 Å². The molecule has 0 fully saturated rings. The minimum absolute atomic E-state index is 0.00128. The summed E-state index contributed by atoms with van der Waals surface area (Å²) in [6.07, 6.45) is 0.145. The normalized spacial score (nSPS) is 16.4. The molecule has 0 saturated carbocycles. The lowest BCUT2D eigenvalue weighted by Crippen LogP contribution is -2.51. The predicted molar refractivity (Wildman–Crippen MR) is 113 cm³/mol. The van der Waals surface area contributed by atoms with Crippen LogP contribution in [0.15, 0.2) is 83.8 Å². The molecule has 3 aromatic carbocycles. The zero-order valence-electron chi connectivity index (χ0n) is 16.4. The van der Waals surface area contributed by atoms with Crippen molar-refractivity contribution in [1.82, 2.24) is 9.79 Å². The molecule has 0 bridgehead atoms. The molecule has 4 rings (SSSR count). The van der Waals surface area contributed by atoms with Crippen molar-refractivity contribution in [3.63, 3.8) is 0 Å². The van der Waals surface area contributed by atoms with Crippen molar-refractivity contribution >= 4 is 21.7 Å². The lowest BCUT2D eigenvalue weighted by atomic mass is 9.95. The first-order chi connectivity index (χ1) is 14.9. The summed E-state index contributed by atoms with van der Waals surface area (Å²) < 4.78 is 27.8. The van der Waals surface area contributed by atoms with E-state index in [1.807, 2.05) is 24.3 Å². The number of carbonyl (C=O) groups excluding carboxylic acids is 2. The first-order valence-electron chi connectivity index (χ1n) is 9.64. The second-order valence-corrected chi connectivity index (χ2v) is 9.13. The Morgan fingerprint density at radius 3 is 2.06 bits per heavy atom. The topological polar surface area (TPSA) is 104 Å². The number of hydrogen-bond donors (Lipinski definition) is 2. The molecule has 1 heterocycles. The number of rotatable bonds is 5. The van der Waals surface area contributed by atoms with E-state index in [1.165, 1.54) is 24.3 Å². The molecule has 1 atom stereocenters. The molecule has 8 heteroatoms. The average molecular weight is 436 g/mol. The van der Waals surface area contributed by atoms with Crippen LogP contribution < -0.4 is 5.48 Å². The molecule has 0 aliphatic carbocycles. The van der Waals surface area contributed by atoms with Gasteiger partial charge in [0, 0.05) is 17.7 Å². The number of nitrogens with zero attached hydrogens (tertiary/aromatic N) is 1. The van der Waals surface area contributed by atoms with Crippen molar-refractivity contribution in [2.75, 3.05) is 0 Å². The van der Waals surface area contributed by atoms with E-state index >= 15 is 0 Å². The highest BCUT2D eigenvalue weighted by Gasteiger charge is 2.39. The monoisotopic (exact) mass is 436 g/mol. The van der Waals surface area contributed by atoms with Gasteiger partial charge >= 0.3 is 0 Å². The third kappa shape index (κ3) is 4.00. The van der Waals surface area contributed by atoms with Crippen LogP contribution in [0.3, 0.4) is 0 Å². The van der Waals surface area contributed by atoms with Crippen LogP contribution in [0.25, 0.3) is 0 Å². The second-order valence-electron chi connectivity index (χ2n) is 7.23. The Hall–Kier alpha value is -3.33. The maximum atomic E-state index is 13.4. The molecule has 0 spiro atoms. The molecule has 1 amide bonds. The summed E-state index contributed by atoms with van der Waals surface area (Å²) in [5, 5.41) is 9.14. The van der Waals surface area contributed by atoms with Crippen molar-refractivity contribution < 1.29 is 23.2 Å². The van der Waals surface area contributed by atoms with Gasteiger partial charge in [-0.3, -0.25) is 14.8 Å².